The zero-order valence-electron chi connectivity index (χ0n) is 10.6. The summed E-state index contributed by atoms with van der Waals surface area (Å²) in [6, 6.07) is 5.18. The first-order valence-corrected chi connectivity index (χ1v) is 7.91. The third kappa shape index (κ3) is 3.76. The van der Waals surface area contributed by atoms with Crippen molar-refractivity contribution in [2.75, 3.05) is 0 Å². The first kappa shape index (κ1) is 15.4. The first-order valence-electron chi connectivity index (χ1n) is 5.95. The predicted molar refractivity (Wildman–Crippen MR) is 84.0 cm³/mol. The third-order valence-electron chi connectivity index (χ3n) is 2.78. The maximum Gasteiger partial charge on any atom is 0.252 e. The van der Waals surface area contributed by atoms with E-state index >= 15 is 0 Å². The lowest BCUT2D eigenvalue weighted by molar-refractivity contribution is 0.0940. The van der Waals surface area contributed by atoms with Gasteiger partial charge >= 0.3 is 0 Å². The SMILES string of the molecule is CC(Cc1c(F)cccc1F)NC(=O)c1csc(I)c1. The van der Waals surface area contributed by atoms with Gasteiger partial charge in [0, 0.05) is 17.0 Å². The van der Waals surface area contributed by atoms with E-state index in [1.807, 2.05) is 0 Å². The Hall–Kier alpha value is -1.02. The van der Waals surface area contributed by atoms with Gasteiger partial charge in [-0.15, -0.1) is 11.3 Å². The molecule has 1 heterocycles. The Morgan fingerprint density at radius 3 is 2.60 bits per heavy atom. The van der Waals surface area contributed by atoms with Gasteiger partial charge in [0.25, 0.3) is 5.91 Å². The van der Waals surface area contributed by atoms with Gasteiger partial charge in [0.15, 0.2) is 0 Å². The molecule has 0 fully saturated rings. The van der Waals surface area contributed by atoms with E-state index in [1.54, 1.807) is 18.4 Å². The van der Waals surface area contributed by atoms with Crippen LogP contribution in [0.1, 0.15) is 22.8 Å². The molecule has 2 aromatic rings. The summed E-state index contributed by atoms with van der Waals surface area (Å²) in [5.41, 5.74) is 0.570. The first-order chi connectivity index (χ1) is 9.47. The summed E-state index contributed by atoms with van der Waals surface area (Å²) >= 11 is 3.61. The number of hydrogen-bond acceptors (Lipinski definition) is 2. The molecule has 1 amide bonds. The molecule has 20 heavy (non-hydrogen) atoms. The molecule has 1 aromatic carbocycles. The van der Waals surface area contributed by atoms with Crippen LogP contribution in [0.3, 0.4) is 0 Å². The van der Waals surface area contributed by atoms with Crippen LogP contribution >= 0.6 is 33.9 Å². The quantitative estimate of drug-likeness (QED) is 0.764. The van der Waals surface area contributed by atoms with Crippen molar-refractivity contribution >= 4 is 39.8 Å². The minimum Gasteiger partial charge on any atom is -0.349 e. The van der Waals surface area contributed by atoms with Gasteiger partial charge in [0.1, 0.15) is 11.6 Å². The van der Waals surface area contributed by atoms with Crippen molar-refractivity contribution in [1.29, 1.82) is 0 Å². The molecule has 1 aromatic heterocycles. The van der Waals surface area contributed by atoms with Crippen LogP contribution in [0.4, 0.5) is 8.78 Å². The van der Waals surface area contributed by atoms with Crippen molar-refractivity contribution in [2.24, 2.45) is 0 Å². The van der Waals surface area contributed by atoms with Gasteiger partial charge in [-0.2, -0.15) is 0 Å². The number of amides is 1. The molecule has 2 rings (SSSR count). The smallest absolute Gasteiger partial charge is 0.252 e. The van der Waals surface area contributed by atoms with Crippen molar-refractivity contribution in [3.05, 3.63) is 55.3 Å². The Labute approximate surface area is 133 Å². The Morgan fingerprint density at radius 1 is 1.40 bits per heavy atom. The van der Waals surface area contributed by atoms with Crippen LogP contribution in [0, 0.1) is 14.5 Å². The van der Waals surface area contributed by atoms with E-state index in [1.165, 1.54) is 29.5 Å². The molecular weight excluding hydrogens is 395 g/mol. The monoisotopic (exact) mass is 407 g/mol. The lowest BCUT2D eigenvalue weighted by atomic mass is 10.1. The summed E-state index contributed by atoms with van der Waals surface area (Å²) in [6.45, 7) is 1.72. The number of benzene rings is 1. The van der Waals surface area contributed by atoms with E-state index in [9.17, 15) is 13.6 Å². The Balaban J connectivity index is 2.02. The fourth-order valence-electron chi connectivity index (χ4n) is 1.82. The Bertz CT molecular complexity index is 609. The van der Waals surface area contributed by atoms with Crippen LogP contribution in [0.15, 0.2) is 29.6 Å². The van der Waals surface area contributed by atoms with Crippen molar-refractivity contribution in [1.82, 2.24) is 5.32 Å². The summed E-state index contributed by atoms with van der Waals surface area (Å²) < 4.78 is 28.1. The van der Waals surface area contributed by atoms with Gasteiger partial charge in [0.05, 0.1) is 8.45 Å². The maximum atomic E-state index is 13.5. The number of carbonyl (C=O) groups excluding carboxylic acids is 1. The number of rotatable bonds is 4. The summed E-state index contributed by atoms with van der Waals surface area (Å²) in [7, 11) is 0. The minimum atomic E-state index is -0.587. The molecule has 0 spiro atoms. The average Bonchev–Trinajstić information content (AvgIpc) is 2.81. The summed E-state index contributed by atoms with van der Waals surface area (Å²) in [6.07, 6.45) is 0.117. The zero-order chi connectivity index (χ0) is 14.7. The van der Waals surface area contributed by atoms with Gasteiger partial charge in [-0.25, -0.2) is 8.78 Å². The molecule has 0 aliphatic carbocycles. The molecular formula is C14H12F2INOS. The second-order valence-electron chi connectivity index (χ2n) is 4.42. The summed E-state index contributed by atoms with van der Waals surface area (Å²) in [5.74, 6) is -1.40. The Morgan fingerprint density at radius 2 is 2.05 bits per heavy atom. The van der Waals surface area contributed by atoms with E-state index in [0.717, 1.165) is 2.88 Å². The maximum absolute atomic E-state index is 13.5. The van der Waals surface area contributed by atoms with E-state index in [2.05, 4.69) is 27.9 Å². The molecule has 1 N–H and O–H groups in total. The van der Waals surface area contributed by atoms with E-state index in [-0.39, 0.29) is 23.9 Å². The molecule has 106 valence electrons. The fraction of sp³-hybridized carbons (Fsp3) is 0.214. The molecule has 1 atom stereocenters. The molecule has 0 aliphatic rings. The fourth-order valence-corrected chi connectivity index (χ4v) is 3.15. The minimum absolute atomic E-state index is 0.000184. The highest BCUT2D eigenvalue weighted by Gasteiger charge is 2.15. The van der Waals surface area contributed by atoms with Gasteiger partial charge in [-0.3, -0.25) is 4.79 Å². The number of thiophene rings is 1. The van der Waals surface area contributed by atoms with Gasteiger partial charge in [-0.05, 0) is 54.1 Å². The zero-order valence-corrected chi connectivity index (χ0v) is 13.6. The highest BCUT2D eigenvalue weighted by Crippen LogP contribution is 2.17. The van der Waals surface area contributed by atoms with E-state index in [0.29, 0.717) is 5.56 Å². The van der Waals surface area contributed by atoms with E-state index in [4.69, 9.17) is 0 Å². The van der Waals surface area contributed by atoms with Crippen LogP contribution < -0.4 is 5.32 Å². The molecule has 0 radical (unpaired) electrons. The molecule has 1 unspecified atom stereocenters. The van der Waals surface area contributed by atoms with Crippen molar-refractivity contribution in [3.8, 4) is 0 Å². The molecule has 0 aliphatic heterocycles. The van der Waals surface area contributed by atoms with Crippen molar-refractivity contribution in [2.45, 2.75) is 19.4 Å². The number of hydrogen-bond donors (Lipinski definition) is 1. The molecule has 0 bridgehead atoms. The van der Waals surface area contributed by atoms with Gasteiger partial charge in [-0.1, -0.05) is 6.07 Å². The predicted octanol–water partition coefficient (Wildman–Crippen LogP) is 3.99. The average molecular weight is 407 g/mol. The standard InChI is InChI=1S/C14H12F2INOS/c1-8(5-10-11(15)3-2-4-12(10)16)18-14(19)9-6-13(17)20-7-9/h2-4,6-8H,5H2,1H3,(H,18,19). The second-order valence-corrected chi connectivity index (χ2v) is 7.22. The number of nitrogens with one attached hydrogen (secondary N) is 1. The highest BCUT2D eigenvalue weighted by atomic mass is 127. The topological polar surface area (TPSA) is 29.1 Å². The highest BCUT2D eigenvalue weighted by molar-refractivity contribution is 14.1. The summed E-state index contributed by atoms with van der Waals surface area (Å²) in [5, 5.41) is 4.50. The Kier molecular flexibility index (Phi) is 5.09. The van der Waals surface area contributed by atoms with Crippen molar-refractivity contribution in [3.63, 3.8) is 0 Å². The third-order valence-corrected chi connectivity index (χ3v) is 4.57. The van der Waals surface area contributed by atoms with Crippen LogP contribution in [-0.2, 0) is 6.42 Å². The lowest BCUT2D eigenvalue weighted by Crippen LogP contribution is -2.34. The molecule has 2 nitrogen and oxygen atoms in total. The molecule has 0 saturated heterocycles. The van der Waals surface area contributed by atoms with Crippen LogP contribution in [0.2, 0.25) is 0 Å². The van der Waals surface area contributed by atoms with Gasteiger partial charge < -0.3 is 5.32 Å². The summed E-state index contributed by atoms with van der Waals surface area (Å²) in [4.78, 5) is 11.9. The van der Waals surface area contributed by atoms with Crippen LogP contribution in [0.5, 0.6) is 0 Å². The second kappa shape index (κ2) is 6.62. The molecule has 6 heteroatoms. The van der Waals surface area contributed by atoms with Crippen molar-refractivity contribution < 1.29 is 13.6 Å². The van der Waals surface area contributed by atoms with E-state index < -0.39 is 11.6 Å². The molecule has 0 saturated carbocycles. The largest absolute Gasteiger partial charge is 0.349 e. The number of carbonyl (C=O) groups is 1. The number of halogens is 3. The lowest BCUT2D eigenvalue weighted by Gasteiger charge is -2.14. The normalized spacial score (nSPS) is 12.2. The van der Waals surface area contributed by atoms with Crippen LogP contribution in [0.25, 0.3) is 0 Å². The van der Waals surface area contributed by atoms with Gasteiger partial charge in [0.2, 0.25) is 0 Å². The van der Waals surface area contributed by atoms with Crippen LogP contribution in [-0.4, -0.2) is 11.9 Å².